The summed E-state index contributed by atoms with van der Waals surface area (Å²) in [4.78, 5) is 11.6. The van der Waals surface area contributed by atoms with Crippen molar-refractivity contribution >= 4 is 29.1 Å². The summed E-state index contributed by atoms with van der Waals surface area (Å²) < 4.78 is 14.5. The first-order valence-electron chi connectivity index (χ1n) is 13.3. The second-order valence-corrected chi connectivity index (χ2v) is 9.97. The molecule has 5 heteroatoms. The summed E-state index contributed by atoms with van der Waals surface area (Å²) in [6.07, 6.45) is 11.6. The van der Waals surface area contributed by atoms with Crippen LogP contribution in [0.3, 0.4) is 0 Å². The van der Waals surface area contributed by atoms with E-state index in [1.54, 1.807) is 0 Å². The fourth-order valence-electron chi connectivity index (χ4n) is 4.16. The number of fused-ring (bicyclic) bond motifs is 1. The van der Waals surface area contributed by atoms with Crippen LogP contribution < -0.4 is 4.74 Å². The van der Waals surface area contributed by atoms with Crippen LogP contribution in [0.4, 0.5) is 0 Å². The zero-order valence-corrected chi connectivity index (χ0v) is 22.9. The first-order chi connectivity index (χ1) is 16.4. The van der Waals surface area contributed by atoms with Gasteiger partial charge < -0.3 is 14.0 Å². The predicted octanol–water partition coefficient (Wildman–Crippen LogP) is 8.49. The molecule has 4 nitrogen and oxygen atoms in total. The van der Waals surface area contributed by atoms with Crippen molar-refractivity contribution in [1.82, 2.24) is 4.57 Å². The van der Waals surface area contributed by atoms with Crippen LogP contribution >= 0.6 is 12.2 Å². The maximum absolute atomic E-state index is 11.6. The van der Waals surface area contributed by atoms with Gasteiger partial charge >= 0.3 is 5.97 Å². The van der Waals surface area contributed by atoms with Gasteiger partial charge in [0.05, 0.1) is 24.6 Å². The van der Waals surface area contributed by atoms with E-state index in [-0.39, 0.29) is 11.9 Å². The number of carbonyl (C=O) groups is 1. The minimum absolute atomic E-state index is 0.0259. The van der Waals surface area contributed by atoms with E-state index in [1.165, 1.54) is 55.2 Å². The molecule has 1 unspecified atom stereocenters. The summed E-state index contributed by atoms with van der Waals surface area (Å²) in [6, 6.07) is 6.48. The van der Waals surface area contributed by atoms with Crippen molar-refractivity contribution in [1.29, 1.82) is 0 Å². The molecule has 0 bridgehead atoms. The van der Waals surface area contributed by atoms with E-state index in [0.717, 1.165) is 54.6 Å². The van der Waals surface area contributed by atoms with Gasteiger partial charge in [0, 0.05) is 18.0 Å². The van der Waals surface area contributed by atoms with Gasteiger partial charge in [-0.25, -0.2) is 0 Å². The third-order valence-corrected chi connectivity index (χ3v) is 7.15. The second-order valence-electron chi connectivity index (χ2n) is 9.55. The number of nitrogens with zero attached hydrogens (tertiary/aromatic N) is 1. The lowest BCUT2D eigenvalue weighted by molar-refractivity contribution is -0.148. The molecule has 0 radical (unpaired) electrons. The lowest BCUT2D eigenvalue weighted by Crippen LogP contribution is -2.14. The average Bonchev–Trinajstić information content (AvgIpc) is 2.82. The van der Waals surface area contributed by atoms with Gasteiger partial charge in [0.15, 0.2) is 0 Å². The summed E-state index contributed by atoms with van der Waals surface area (Å²) in [5, 5.41) is 1.16. The molecule has 0 saturated heterocycles. The van der Waals surface area contributed by atoms with Crippen LogP contribution in [-0.2, 0) is 16.1 Å². The topological polar surface area (TPSA) is 40.5 Å². The summed E-state index contributed by atoms with van der Waals surface area (Å²) in [6.45, 7) is 12.6. The minimum Gasteiger partial charge on any atom is -0.493 e. The molecule has 0 aliphatic heterocycles. The lowest BCUT2D eigenvalue weighted by Gasteiger charge is -2.16. The van der Waals surface area contributed by atoms with Crippen LogP contribution in [0.2, 0.25) is 0 Å². The Morgan fingerprint density at radius 1 is 0.882 bits per heavy atom. The number of aromatic nitrogens is 1. The van der Waals surface area contributed by atoms with E-state index in [1.807, 2.05) is 19.9 Å². The number of hydrogen-bond donors (Lipinski definition) is 0. The first-order valence-corrected chi connectivity index (χ1v) is 13.7. The smallest absolute Gasteiger partial charge is 0.308 e. The third-order valence-electron chi connectivity index (χ3n) is 6.81. The Hall–Kier alpha value is -1.88. The van der Waals surface area contributed by atoms with Crippen molar-refractivity contribution in [2.45, 2.75) is 105 Å². The summed E-state index contributed by atoms with van der Waals surface area (Å²) in [5.41, 5.74) is 3.73. The van der Waals surface area contributed by atoms with E-state index in [9.17, 15) is 4.79 Å². The molecular weight excluding hydrogens is 442 g/mol. The highest BCUT2D eigenvalue weighted by Crippen LogP contribution is 2.29. The number of pyridine rings is 1. The number of unbranched alkanes of at least 4 members (excludes halogenated alkanes) is 8. The molecule has 0 saturated carbocycles. The molecule has 0 amide bonds. The number of ether oxygens (including phenoxy) is 2. The molecule has 1 atom stereocenters. The highest BCUT2D eigenvalue weighted by molar-refractivity contribution is 7.71. The van der Waals surface area contributed by atoms with Gasteiger partial charge in [0.1, 0.15) is 10.4 Å². The standard InChI is InChI=1S/C29H45NO3S/c1-6-22(3)29(31)33-18-16-14-12-10-8-9-11-13-15-17-32-27-21-28(34)30(7-2)26-20-24(5)23(4)19-25(26)27/h19-22H,6-18H2,1-5H3. The highest BCUT2D eigenvalue weighted by atomic mass is 32.1. The largest absolute Gasteiger partial charge is 0.493 e. The Morgan fingerprint density at radius 3 is 2.03 bits per heavy atom. The van der Waals surface area contributed by atoms with E-state index in [2.05, 4.69) is 37.5 Å². The Morgan fingerprint density at radius 2 is 1.44 bits per heavy atom. The lowest BCUT2D eigenvalue weighted by atomic mass is 10.1. The summed E-state index contributed by atoms with van der Waals surface area (Å²) >= 11 is 5.62. The minimum atomic E-state index is -0.0497. The zero-order chi connectivity index (χ0) is 24.9. The zero-order valence-electron chi connectivity index (χ0n) is 22.1. The first kappa shape index (κ1) is 28.4. The number of carbonyl (C=O) groups excluding carboxylic acids is 1. The number of benzene rings is 1. The Labute approximate surface area is 212 Å². The maximum Gasteiger partial charge on any atom is 0.308 e. The fraction of sp³-hybridized carbons (Fsp3) is 0.655. The molecule has 0 N–H and O–H groups in total. The van der Waals surface area contributed by atoms with Crippen LogP contribution in [0.25, 0.3) is 10.9 Å². The summed E-state index contributed by atoms with van der Waals surface area (Å²) in [7, 11) is 0. The van der Waals surface area contributed by atoms with Gasteiger partial charge in [-0.05, 0) is 63.3 Å². The van der Waals surface area contributed by atoms with Crippen molar-refractivity contribution < 1.29 is 14.3 Å². The summed E-state index contributed by atoms with van der Waals surface area (Å²) in [5.74, 6) is 0.895. The highest BCUT2D eigenvalue weighted by Gasteiger charge is 2.11. The maximum atomic E-state index is 11.6. The number of aryl methyl sites for hydroxylation is 3. The molecule has 0 fully saturated rings. The Kier molecular flexibility index (Phi) is 12.7. The van der Waals surface area contributed by atoms with Crippen LogP contribution in [0.15, 0.2) is 18.2 Å². The van der Waals surface area contributed by atoms with Crippen LogP contribution in [0, 0.1) is 24.4 Å². The van der Waals surface area contributed by atoms with Gasteiger partial charge in [-0.2, -0.15) is 0 Å². The molecule has 2 rings (SSSR count). The van der Waals surface area contributed by atoms with Gasteiger partial charge in [-0.1, -0.05) is 71.0 Å². The van der Waals surface area contributed by atoms with Crippen molar-refractivity contribution in [2.24, 2.45) is 5.92 Å². The quantitative estimate of drug-likeness (QED) is 0.135. The molecule has 1 heterocycles. The van der Waals surface area contributed by atoms with Crippen LogP contribution in [0.5, 0.6) is 5.75 Å². The molecule has 0 aliphatic carbocycles. The normalized spacial score (nSPS) is 12.1. The second kappa shape index (κ2) is 15.2. The van der Waals surface area contributed by atoms with E-state index in [0.29, 0.717) is 6.61 Å². The van der Waals surface area contributed by atoms with Gasteiger partial charge in [0.25, 0.3) is 0 Å². The number of esters is 1. The molecule has 1 aromatic heterocycles. The monoisotopic (exact) mass is 487 g/mol. The van der Waals surface area contributed by atoms with Gasteiger partial charge in [-0.3, -0.25) is 4.79 Å². The van der Waals surface area contributed by atoms with Crippen molar-refractivity contribution in [3.05, 3.63) is 34.0 Å². The molecule has 0 spiro atoms. The molecule has 2 aromatic rings. The van der Waals surface area contributed by atoms with Gasteiger partial charge in [0.2, 0.25) is 0 Å². The molecule has 1 aromatic carbocycles. The van der Waals surface area contributed by atoms with Crippen molar-refractivity contribution in [3.8, 4) is 5.75 Å². The Bertz CT molecular complexity index is 966. The third kappa shape index (κ3) is 8.72. The van der Waals surface area contributed by atoms with Crippen LogP contribution in [0.1, 0.15) is 96.1 Å². The molecule has 34 heavy (non-hydrogen) atoms. The van der Waals surface area contributed by atoms with E-state index in [4.69, 9.17) is 21.7 Å². The molecular formula is C29H45NO3S. The average molecular weight is 488 g/mol. The van der Waals surface area contributed by atoms with Crippen LogP contribution in [-0.4, -0.2) is 23.8 Å². The van der Waals surface area contributed by atoms with Gasteiger partial charge in [-0.15, -0.1) is 0 Å². The molecule has 0 aliphatic rings. The fourth-order valence-corrected chi connectivity index (χ4v) is 4.49. The van der Waals surface area contributed by atoms with Crippen molar-refractivity contribution in [2.75, 3.05) is 13.2 Å². The van der Waals surface area contributed by atoms with E-state index >= 15 is 0 Å². The van der Waals surface area contributed by atoms with E-state index < -0.39 is 0 Å². The number of rotatable bonds is 16. The SMILES string of the molecule is CCC(C)C(=O)OCCCCCCCCCCCOc1cc(=S)n(CC)c2cc(C)c(C)cc12. The van der Waals surface area contributed by atoms with Crippen molar-refractivity contribution in [3.63, 3.8) is 0 Å². The predicted molar refractivity (Wildman–Crippen MR) is 145 cm³/mol. The number of hydrogen-bond acceptors (Lipinski definition) is 4. The molecule has 190 valence electrons. The Balaban J connectivity index is 1.60.